The average molecular weight is 288 g/mol. The molecule has 5 nitrogen and oxygen atoms in total. The molecule has 1 amide bonds. The van der Waals surface area contributed by atoms with Crippen LogP contribution in [-0.4, -0.2) is 60.0 Å². The Labute approximate surface area is 126 Å². The zero-order valence-corrected chi connectivity index (χ0v) is 12.9. The van der Waals surface area contributed by atoms with Crippen LogP contribution in [0.3, 0.4) is 0 Å². The number of hydrogen-bond donors (Lipinski definition) is 1. The fourth-order valence-electron chi connectivity index (χ4n) is 3.44. The molecule has 1 N–H and O–H groups in total. The number of aryl methyl sites for hydroxylation is 1. The maximum Gasteiger partial charge on any atom is 0.257 e. The van der Waals surface area contributed by atoms with E-state index in [0.717, 1.165) is 30.9 Å². The number of anilines is 1. The van der Waals surface area contributed by atoms with E-state index in [2.05, 4.69) is 15.2 Å². The van der Waals surface area contributed by atoms with Crippen LogP contribution in [-0.2, 0) is 0 Å². The molecule has 21 heavy (non-hydrogen) atoms. The number of hydrogen-bond acceptors (Lipinski definition) is 4. The minimum Gasteiger partial charge on any atom is -0.387 e. The summed E-state index contributed by atoms with van der Waals surface area (Å²) in [6.07, 6.45) is 5.40. The second kappa shape index (κ2) is 6.02. The van der Waals surface area contributed by atoms with E-state index in [0.29, 0.717) is 11.6 Å². The summed E-state index contributed by atoms with van der Waals surface area (Å²) < 4.78 is 0. The van der Waals surface area contributed by atoms with Crippen LogP contribution in [0.1, 0.15) is 35.3 Å². The Balaban J connectivity index is 1.71. The van der Waals surface area contributed by atoms with Crippen molar-refractivity contribution in [2.24, 2.45) is 0 Å². The highest BCUT2D eigenvalue weighted by Gasteiger charge is 2.32. The predicted octanol–water partition coefficient (Wildman–Crippen LogP) is 1.74. The van der Waals surface area contributed by atoms with Crippen LogP contribution >= 0.6 is 0 Å². The molecule has 3 rings (SSSR count). The second-order valence-corrected chi connectivity index (χ2v) is 6.06. The molecule has 114 valence electrons. The number of aromatic nitrogens is 1. The van der Waals surface area contributed by atoms with Crippen LogP contribution in [0.15, 0.2) is 12.3 Å². The zero-order valence-electron chi connectivity index (χ0n) is 12.9. The molecule has 3 heterocycles. The van der Waals surface area contributed by atoms with E-state index in [4.69, 9.17) is 0 Å². The van der Waals surface area contributed by atoms with Gasteiger partial charge in [0, 0.05) is 38.1 Å². The summed E-state index contributed by atoms with van der Waals surface area (Å²) >= 11 is 0. The first-order valence-corrected chi connectivity index (χ1v) is 7.87. The van der Waals surface area contributed by atoms with Gasteiger partial charge in [-0.1, -0.05) is 0 Å². The van der Waals surface area contributed by atoms with Crippen molar-refractivity contribution in [1.29, 1.82) is 0 Å². The molecule has 1 atom stereocenters. The van der Waals surface area contributed by atoms with Gasteiger partial charge in [0.15, 0.2) is 0 Å². The van der Waals surface area contributed by atoms with E-state index in [1.807, 2.05) is 24.9 Å². The fraction of sp³-hybridized carbons (Fsp3) is 0.625. The number of amides is 1. The highest BCUT2D eigenvalue weighted by Crippen LogP contribution is 2.24. The minimum absolute atomic E-state index is 0.105. The standard InChI is InChI=1S/C16H24N4O/c1-12-9-15(17-2)14(10-18-12)16(21)20-8-5-13(11-20)19-6-3-4-7-19/h9-10,13H,3-8,11H2,1-2H3,(H,17,18). The summed E-state index contributed by atoms with van der Waals surface area (Å²) in [6, 6.07) is 2.48. The Kier molecular flexibility index (Phi) is 4.10. The number of rotatable bonds is 3. The van der Waals surface area contributed by atoms with Crippen molar-refractivity contribution in [2.45, 2.75) is 32.2 Å². The number of nitrogens with zero attached hydrogens (tertiary/aromatic N) is 3. The van der Waals surface area contributed by atoms with Gasteiger partial charge >= 0.3 is 0 Å². The Morgan fingerprint density at radius 2 is 2.10 bits per heavy atom. The smallest absolute Gasteiger partial charge is 0.257 e. The summed E-state index contributed by atoms with van der Waals surface area (Å²) in [5, 5.41) is 3.11. The monoisotopic (exact) mass is 288 g/mol. The zero-order chi connectivity index (χ0) is 14.8. The lowest BCUT2D eigenvalue weighted by Crippen LogP contribution is -2.37. The van der Waals surface area contributed by atoms with Crippen molar-refractivity contribution in [1.82, 2.24) is 14.8 Å². The first-order chi connectivity index (χ1) is 10.2. The van der Waals surface area contributed by atoms with Gasteiger partial charge in [-0.15, -0.1) is 0 Å². The first-order valence-electron chi connectivity index (χ1n) is 7.87. The lowest BCUT2D eigenvalue weighted by molar-refractivity contribution is 0.0780. The third kappa shape index (κ3) is 2.88. The van der Waals surface area contributed by atoms with E-state index in [9.17, 15) is 4.79 Å². The van der Waals surface area contributed by atoms with Crippen molar-refractivity contribution in [2.75, 3.05) is 38.5 Å². The summed E-state index contributed by atoms with van der Waals surface area (Å²) in [5.74, 6) is 0.105. The topological polar surface area (TPSA) is 48.5 Å². The first kappa shape index (κ1) is 14.3. The Morgan fingerprint density at radius 3 is 2.81 bits per heavy atom. The fourth-order valence-corrected chi connectivity index (χ4v) is 3.44. The van der Waals surface area contributed by atoms with Crippen LogP contribution in [0, 0.1) is 6.92 Å². The summed E-state index contributed by atoms with van der Waals surface area (Å²) in [5.41, 5.74) is 2.48. The molecule has 0 saturated carbocycles. The van der Waals surface area contributed by atoms with Crippen molar-refractivity contribution >= 4 is 11.6 Å². The van der Waals surface area contributed by atoms with Crippen molar-refractivity contribution < 1.29 is 4.79 Å². The molecule has 0 aromatic carbocycles. The molecule has 2 aliphatic heterocycles. The molecule has 2 fully saturated rings. The minimum atomic E-state index is 0.105. The van der Waals surface area contributed by atoms with Gasteiger partial charge in [-0.25, -0.2) is 0 Å². The maximum atomic E-state index is 12.7. The Morgan fingerprint density at radius 1 is 1.33 bits per heavy atom. The van der Waals surface area contributed by atoms with Crippen molar-refractivity contribution in [3.05, 3.63) is 23.5 Å². The van der Waals surface area contributed by atoms with Gasteiger partial charge in [0.1, 0.15) is 0 Å². The quantitative estimate of drug-likeness (QED) is 0.920. The van der Waals surface area contributed by atoms with Crippen LogP contribution < -0.4 is 5.32 Å². The van der Waals surface area contributed by atoms with Gasteiger partial charge in [-0.2, -0.15) is 0 Å². The van der Waals surface area contributed by atoms with Gasteiger partial charge in [0.05, 0.1) is 11.3 Å². The molecular weight excluding hydrogens is 264 g/mol. The third-order valence-electron chi connectivity index (χ3n) is 4.65. The van der Waals surface area contributed by atoms with E-state index >= 15 is 0 Å². The lowest BCUT2D eigenvalue weighted by atomic mass is 10.2. The summed E-state index contributed by atoms with van der Waals surface area (Å²) in [7, 11) is 1.85. The number of nitrogens with one attached hydrogen (secondary N) is 1. The molecule has 1 aromatic heterocycles. The molecule has 0 aliphatic carbocycles. The van der Waals surface area contributed by atoms with Crippen molar-refractivity contribution in [3.8, 4) is 0 Å². The molecule has 2 aliphatic rings. The van der Waals surface area contributed by atoms with E-state index in [-0.39, 0.29) is 5.91 Å². The maximum absolute atomic E-state index is 12.7. The van der Waals surface area contributed by atoms with E-state index < -0.39 is 0 Å². The number of carbonyl (C=O) groups is 1. The molecule has 0 bridgehead atoms. The Bertz CT molecular complexity index is 525. The van der Waals surface area contributed by atoms with Gasteiger partial charge in [-0.05, 0) is 45.3 Å². The highest BCUT2D eigenvalue weighted by atomic mass is 16.2. The molecule has 5 heteroatoms. The molecule has 1 aromatic rings. The molecule has 2 saturated heterocycles. The van der Waals surface area contributed by atoms with Crippen LogP contribution in [0.5, 0.6) is 0 Å². The second-order valence-electron chi connectivity index (χ2n) is 6.06. The summed E-state index contributed by atoms with van der Waals surface area (Å²) in [4.78, 5) is 21.5. The van der Waals surface area contributed by atoms with Crippen LogP contribution in [0.2, 0.25) is 0 Å². The molecule has 0 radical (unpaired) electrons. The Hall–Kier alpha value is -1.62. The normalized spacial score (nSPS) is 22.8. The van der Waals surface area contributed by atoms with Crippen LogP contribution in [0.25, 0.3) is 0 Å². The lowest BCUT2D eigenvalue weighted by Gasteiger charge is -2.24. The average Bonchev–Trinajstić information content (AvgIpc) is 3.17. The number of pyridine rings is 1. The van der Waals surface area contributed by atoms with Crippen LogP contribution in [0.4, 0.5) is 5.69 Å². The van der Waals surface area contributed by atoms with Gasteiger partial charge in [-0.3, -0.25) is 14.7 Å². The SMILES string of the molecule is CNc1cc(C)ncc1C(=O)N1CCC(N2CCCC2)C1. The molecular formula is C16H24N4O. The third-order valence-corrected chi connectivity index (χ3v) is 4.65. The van der Waals surface area contributed by atoms with Gasteiger partial charge in [0.2, 0.25) is 0 Å². The largest absolute Gasteiger partial charge is 0.387 e. The number of likely N-dealkylation sites (tertiary alicyclic amines) is 2. The predicted molar refractivity (Wildman–Crippen MR) is 83.6 cm³/mol. The van der Waals surface area contributed by atoms with E-state index in [1.54, 1.807) is 6.20 Å². The summed E-state index contributed by atoms with van der Waals surface area (Å²) in [6.45, 7) is 6.04. The molecule has 1 unspecified atom stereocenters. The van der Waals surface area contributed by atoms with Gasteiger partial charge < -0.3 is 10.2 Å². The molecule has 0 spiro atoms. The van der Waals surface area contributed by atoms with E-state index in [1.165, 1.54) is 25.9 Å². The number of carbonyl (C=O) groups excluding carboxylic acids is 1. The van der Waals surface area contributed by atoms with Crippen molar-refractivity contribution in [3.63, 3.8) is 0 Å². The highest BCUT2D eigenvalue weighted by molar-refractivity contribution is 5.99. The van der Waals surface area contributed by atoms with Gasteiger partial charge in [0.25, 0.3) is 5.91 Å².